The monoisotopic (exact) mass is 310 g/mol. The lowest BCUT2D eigenvalue weighted by atomic mass is 10.3. The number of hydrogen-bond donors (Lipinski definition) is 1. The molecule has 1 aliphatic rings. The van der Waals surface area contributed by atoms with Crippen LogP contribution in [0.15, 0.2) is 17.5 Å². The van der Waals surface area contributed by atoms with Crippen molar-refractivity contribution in [2.45, 2.75) is 6.42 Å². The van der Waals surface area contributed by atoms with Crippen LogP contribution in [-0.4, -0.2) is 60.1 Å². The third-order valence-electron chi connectivity index (χ3n) is 3.64. The Hall–Kier alpha value is -0.950. The molecule has 108 valence electrons. The molecule has 0 radical (unpaired) electrons. The van der Waals surface area contributed by atoms with Crippen molar-refractivity contribution >= 4 is 38.0 Å². The highest BCUT2D eigenvalue weighted by atomic mass is 32.1. The lowest BCUT2D eigenvalue weighted by molar-refractivity contribution is 0.0765. The second kappa shape index (κ2) is 6.22. The van der Waals surface area contributed by atoms with Crippen molar-refractivity contribution in [3.05, 3.63) is 22.4 Å². The Balaban J connectivity index is 1.69. The van der Waals surface area contributed by atoms with Gasteiger partial charge in [0.2, 0.25) is 0 Å². The van der Waals surface area contributed by atoms with Crippen LogP contribution >= 0.6 is 22.7 Å². The topological polar surface area (TPSA) is 43.8 Å². The fourth-order valence-corrected chi connectivity index (χ4v) is 4.64. The van der Waals surface area contributed by atoms with Gasteiger partial charge in [0.25, 0.3) is 5.91 Å². The number of carbonyl (C=O) groups is 1. The molecule has 0 saturated carbocycles. The van der Waals surface area contributed by atoms with Gasteiger partial charge in [0.1, 0.15) is 0 Å². The van der Waals surface area contributed by atoms with Gasteiger partial charge < -0.3 is 10.0 Å². The molecule has 0 unspecified atom stereocenters. The summed E-state index contributed by atoms with van der Waals surface area (Å²) in [6.45, 7) is 4.28. The molecule has 0 bridgehead atoms. The van der Waals surface area contributed by atoms with E-state index < -0.39 is 0 Å². The first kappa shape index (κ1) is 14.0. The van der Waals surface area contributed by atoms with Gasteiger partial charge in [-0.25, -0.2) is 0 Å². The number of β-amino-alcohol motifs (C(OH)–C–C–N with tert-alkyl or cyclic N) is 1. The highest BCUT2D eigenvalue weighted by Crippen LogP contribution is 2.30. The molecule has 20 heavy (non-hydrogen) atoms. The number of aliphatic hydroxyl groups excluding tert-OH is 1. The highest BCUT2D eigenvalue weighted by molar-refractivity contribution is 7.27. The zero-order valence-electron chi connectivity index (χ0n) is 11.2. The molecule has 1 saturated heterocycles. The maximum absolute atomic E-state index is 12.6. The summed E-state index contributed by atoms with van der Waals surface area (Å²) in [6, 6.07) is 4.09. The summed E-state index contributed by atoms with van der Waals surface area (Å²) >= 11 is 3.28. The van der Waals surface area contributed by atoms with Gasteiger partial charge in [0.15, 0.2) is 0 Å². The van der Waals surface area contributed by atoms with Crippen LogP contribution in [0.3, 0.4) is 0 Å². The Labute approximate surface area is 126 Å². The average molecular weight is 310 g/mol. The molecule has 1 aliphatic heterocycles. The van der Waals surface area contributed by atoms with Gasteiger partial charge in [-0.15, -0.1) is 22.7 Å². The number of rotatable bonds is 3. The van der Waals surface area contributed by atoms with Crippen LogP contribution in [0.1, 0.15) is 16.1 Å². The normalized spacial score (nSPS) is 17.6. The molecule has 3 heterocycles. The fourth-order valence-electron chi connectivity index (χ4n) is 2.57. The molecule has 0 spiro atoms. The van der Waals surface area contributed by atoms with E-state index in [1.165, 1.54) is 9.40 Å². The van der Waals surface area contributed by atoms with Gasteiger partial charge in [-0.3, -0.25) is 9.69 Å². The summed E-state index contributed by atoms with van der Waals surface area (Å²) in [5, 5.41) is 11.1. The zero-order chi connectivity index (χ0) is 13.9. The molecule has 0 atom stereocenters. The predicted octanol–water partition coefficient (Wildman–Crippen LogP) is 2.10. The SMILES string of the molecule is O=C(c1cc2sccc2s1)N1CCCN(CCO)CC1. The summed E-state index contributed by atoms with van der Waals surface area (Å²) < 4.78 is 2.41. The van der Waals surface area contributed by atoms with Gasteiger partial charge in [0.05, 0.1) is 11.5 Å². The Bertz CT molecular complexity index is 564. The second-order valence-corrected chi connectivity index (χ2v) is 7.00. The first-order valence-electron chi connectivity index (χ1n) is 6.87. The van der Waals surface area contributed by atoms with E-state index in [2.05, 4.69) is 16.3 Å². The van der Waals surface area contributed by atoms with Gasteiger partial charge in [0, 0.05) is 35.6 Å². The maximum Gasteiger partial charge on any atom is 0.264 e. The minimum absolute atomic E-state index is 0.157. The number of amides is 1. The van der Waals surface area contributed by atoms with E-state index in [1.807, 2.05) is 11.0 Å². The Morgan fingerprint density at radius 3 is 2.95 bits per heavy atom. The second-order valence-electron chi connectivity index (χ2n) is 4.97. The van der Waals surface area contributed by atoms with E-state index in [-0.39, 0.29) is 12.5 Å². The van der Waals surface area contributed by atoms with Crippen molar-refractivity contribution in [2.24, 2.45) is 0 Å². The van der Waals surface area contributed by atoms with Crippen LogP contribution in [0.4, 0.5) is 0 Å². The fraction of sp³-hybridized carbons (Fsp3) is 0.500. The van der Waals surface area contributed by atoms with E-state index in [9.17, 15) is 4.79 Å². The summed E-state index contributed by atoms with van der Waals surface area (Å²) in [7, 11) is 0. The van der Waals surface area contributed by atoms with E-state index in [1.54, 1.807) is 22.7 Å². The molecule has 3 rings (SSSR count). The first-order valence-corrected chi connectivity index (χ1v) is 8.57. The van der Waals surface area contributed by atoms with Crippen LogP contribution in [-0.2, 0) is 0 Å². The third-order valence-corrected chi connectivity index (χ3v) is 5.72. The lowest BCUT2D eigenvalue weighted by Crippen LogP contribution is -2.35. The van der Waals surface area contributed by atoms with E-state index >= 15 is 0 Å². The standard InChI is InChI=1S/C14H18N2O2S2/c17-8-7-15-3-1-4-16(6-5-15)14(18)13-10-12-11(20-13)2-9-19-12/h2,9-10,17H,1,3-8H2. The maximum atomic E-state index is 12.6. The highest BCUT2D eigenvalue weighted by Gasteiger charge is 2.21. The summed E-state index contributed by atoms with van der Waals surface area (Å²) in [6.07, 6.45) is 0.978. The van der Waals surface area contributed by atoms with E-state index in [0.29, 0.717) is 6.54 Å². The molecular weight excluding hydrogens is 292 g/mol. The predicted molar refractivity (Wildman–Crippen MR) is 83.7 cm³/mol. The van der Waals surface area contributed by atoms with Gasteiger partial charge >= 0.3 is 0 Å². The molecule has 1 fully saturated rings. The minimum atomic E-state index is 0.157. The lowest BCUT2D eigenvalue weighted by Gasteiger charge is -2.20. The van der Waals surface area contributed by atoms with Gasteiger partial charge in [-0.05, 0) is 30.5 Å². The van der Waals surface area contributed by atoms with Crippen LogP contribution in [0.25, 0.3) is 9.40 Å². The van der Waals surface area contributed by atoms with Crippen molar-refractivity contribution in [2.75, 3.05) is 39.3 Å². The number of nitrogens with zero attached hydrogens (tertiary/aromatic N) is 2. The summed E-state index contributed by atoms with van der Waals surface area (Å²) in [5.74, 6) is 0.157. The molecule has 1 N–H and O–H groups in total. The van der Waals surface area contributed by atoms with Crippen LogP contribution in [0.5, 0.6) is 0 Å². The van der Waals surface area contributed by atoms with Gasteiger partial charge in [-0.2, -0.15) is 0 Å². The zero-order valence-corrected chi connectivity index (χ0v) is 12.9. The number of aliphatic hydroxyl groups is 1. The number of hydrogen-bond acceptors (Lipinski definition) is 5. The van der Waals surface area contributed by atoms with Crippen molar-refractivity contribution < 1.29 is 9.90 Å². The number of fused-ring (bicyclic) bond motifs is 1. The molecule has 6 heteroatoms. The first-order chi connectivity index (χ1) is 9.78. The smallest absolute Gasteiger partial charge is 0.264 e. The summed E-state index contributed by atoms with van der Waals surface area (Å²) in [5.41, 5.74) is 0. The molecule has 0 aromatic carbocycles. The Kier molecular flexibility index (Phi) is 4.35. The van der Waals surface area contributed by atoms with Crippen molar-refractivity contribution in [1.29, 1.82) is 0 Å². The van der Waals surface area contributed by atoms with Gasteiger partial charge in [-0.1, -0.05) is 0 Å². The van der Waals surface area contributed by atoms with Crippen molar-refractivity contribution in [1.82, 2.24) is 9.80 Å². The molecular formula is C14H18N2O2S2. The quantitative estimate of drug-likeness (QED) is 0.944. The molecule has 2 aromatic rings. The number of carbonyl (C=O) groups excluding carboxylic acids is 1. The van der Waals surface area contributed by atoms with Crippen LogP contribution in [0.2, 0.25) is 0 Å². The largest absolute Gasteiger partial charge is 0.395 e. The molecule has 2 aromatic heterocycles. The average Bonchev–Trinajstić information content (AvgIpc) is 2.95. The molecule has 0 aliphatic carbocycles. The Morgan fingerprint density at radius 2 is 2.15 bits per heavy atom. The van der Waals surface area contributed by atoms with Crippen molar-refractivity contribution in [3.63, 3.8) is 0 Å². The summed E-state index contributed by atoms with van der Waals surface area (Å²) in [4.78, 5) is 17.6. The van der Waals surface area contributed by atoms with Crippen LogP contribution < -0.4 is 0 Å². The third kappa shape index (κ3) is 2.88. The van der Waals surface area contributed by atoms with E-state index in [0.717, 1.165) is 37.5 Å². The van der Waals surface area contributed by atoms with E-state index in [4.69, 9.17) is 5.11 Å². The molecule has 1 amide bonds. The minimum Gasteiger partial charge on any atom is -0.395 e. The van der Waals surface area contributed by atoms with Crippen LogP contribution in [0, 0.1) is 0 Å². The number of thiophene rings is 2. The molecule has 4 nitrogen and oxygen atoms in total. The van der Waals surface area contributed by atoms with Crippen molar-refractivity contribution in [3.8, 4) is 0 Å². The Morgan fingerprint density at radius 1 is 1.25 bits per heavy atom.